The first-order valence-corrected chi connectivity index (χ1v) is 9.71. The van der Waals surface area contributed by atoms with Crippen LogP contribution in [0.1, 0.15) is 11.1 Å². The number of aryl methyl sites for hydroxylation is 1. The van der Waals surface area contributed by atoms with Crippen molar-refractivity contribution in [1.29, 1.82) is 0 Å². The molecule has 0 unspecified atom stereocenters. The van der Waals surface area contributed by atoms with Gasteiger partial charge in [-0.2, -0.15) is 0 Å². The number of nitrogens with zero attached hydrogens (tertiary/aromatic N) is 1. The first kappa shape index (κ1) is 21.3. The van der Waals surface area contributed by atoms with E-state index in [0.29, 0.717) is 11.3 Å². The lowest BCUT2D eigenvalue weighted by Crippen LogP contribution is -2.36. The van der Waals surface area contributed by atoms with E-state index >= 15 is 0 Å². The van der Waals surface area contributed by atoms with Crippen LogP contribution < -0.4 is 14.8 Å². The number of rotatable bonds is 6. The largest absolute Gasteiger partial charge is 0.502 e. The van der Waals surface area contributed by atoms with E-state index in [2.05, 4.69) is 5.32 Å². The van der Waals surface area contributed by atoms with Gasteiger partial charge in [0.25, 0.3) is 11.1 Å². The van der Waals surface area contributed by atoms with Crippen molar-refractivity contribution in [2.45, 2.75) is 6.92 Å². The number of benzene rings is 2. The third kappa shape index (κ3) is 4.57. The molecule has 0 radical (unpaired) electrons. The molecule has 156 valence electrons. The van der Waals surface area contributed by atoms with Crippen molar-refractivity contribution in [1.82, 2.24) is 4.90 Å². The highest BCUT2D eigenvalue weighted by atomic mass is 32.2. The molecule has 2 N–H and O–H groups in total. The molecule has 2 aromatic rings. The monoisotopic (exact) mass is 428 g/mol. The topological polar surface area (TPSA) is 105 Å². The van der Waals surface area contributed by atoms with E-state index in [0.717, 1.165) is 22.2 Å². The minimum atomic E-state index is -0.574. The highest BCUT2D eigenvalue weighted by molar-refractivity contribution is 8.18. The van der Waals surface area contributed by atoms with Gasteiger partial charge in [-0.15, -0.1) is 0 Å². The number of hydrogen-bond donors (Lipinski definition) is 2. The van der Waals surface area contributed by atoms with Gasteiger partial charge < -0.3 is 19.9 Å². The summed E-state index contributed by atoms with van der Waals surface area (Å²) in [5, 5.41) is 12.1. The summed E-state index contributed by atoms with van der Waals surface area (Å²) in [6, 6.07) is 10.2. The van der Waals surface area contributed by atoms with Crippen molar-refractivity contribution >= 4 is 40.6 Å². The van der Waals surface area contributed by atoms with Crippen molar-refractivity contribution in [3.63, 3.8) is 0 Å². The molecular weight excluding hydrogens is 408 g/mol. The van der Waals surface area contributed by atoms with Crippen LogP contribution in [0.15, 0.2) is 41.3 Å². The zero-order valence-corrected chi connectivity index (χ0v) is 17.4. The summed E-state index contributed by atoms with van der Waals surface area (Å²) >= 11 is 0.733. The quantitative estimate of drug-likeness (QED) is 0.680. The molecule has 2 aromatic carbocycles. The Hall–Kier alpha value is -3.46. The third-order valence-corrected chi connectivity index (χ3v) is 5.18. The average Bonchev–Trinajstić information content (AvgIpc) is 2.96. The van der Waals surface area contributed by atoms with Gasteiger partial charge in [0.15, 0.2) is 11.5 Å². The molecule has 8 nitrogen and oxygen atoms in total. The van der Waals surface area contributed by atoms with Gasteiger partial charge in [-0.3, -0.25) is 19.3 Å². The van der Waals surface area contributed by atoms with E-state index in [4.69, 9.17) is 9.47 Å². The van der Waals surface area contributed by atoms with Gasteiger partial charge in [-0.05, 0) is 60.2 Å². The standard InChI is InChI=1S/C21H20N2O6S/c1-12-5-4-6-14(7-12)22-18(24)11-23-20(26)17(30-21(23)27)10-13-8-15(28-2)19(25)16(9-13)29-3/h4-10,25H,11H2,1-3H3,(H,22,24)/b17-10+. The summed E-state index contributed by atoms with van der Waals surface area (Å²) in [7, 11) is 2.78. The summed E-state index contributed by atoms with van der Waals surface area (Å²) in [6.07, 6.45) is 1.48. The van der Waals surface area contributed by atoms with Crippen molar-refractivity contribution in [2.24, 2.45) is 0 Å². The Labute approximate surface area is 177 Å². The molecule has 3 amide bonds. The van der Waals surface area contributed by atoms with Gasteiger partial charge in [0.2, 0.25) is 11.7 Å². The number of imide groups is 1. The Balaban J connectivity index is 1.77. The molecule has 1 aliphatic heterocycles. The van der Waals surface area contributed by atoms with Crippen molar-refractivity contribution in [2.75, 3.05) is 26.1 Å². The number of hydrogen-bond acceptors (Lipinski definition) is 7. The summed E-state index contributed by atoms with van der Waals surface area (Å²) < 4.78 is 10.2. The molecule has 0 spiro atoms. The summed E-state index contributed by atoms with van der Waals surface area (Å²) in [4.78, 5) is 38.3. The Morgan fingerprint density at radius 1 is 1.17 bits per heavy atom. The number of methoxy groups -OCH3 is 2. The first-order chi connectivity index (χ1) is 14.3. The van der Waals surface area contributed by atoms with Crippen molar-refractivity contribution in [3.05, 3.63) is 52.4 Å². The molecule has 1 aliphatic rings. The smallest absolute Gasteiger partial charge is 0.294 e. The van der Waals surface area contributed by atoms with E-state index in [1.165, 1.54) is 32.4 Å². The van der Waals surface area contributed by atoms with Crippen LogP contribution in [0.2, 0.25) is 0 Å². The zero-order chi connectivity index (χ0) is 21.8. The second-order valence-electron chi connectivity index (χ2n) is 6.46. The van der Waals surface area contributed by atoms with Gasteiger partial charge in [-0.25, -0.2) is 0 Å². The van der Waals surface area contributed by atoms with Crippen LogP contribution >= 0.6 is 11.8 Å². The number of carbonyl (C=O) groups is 3. The van der Waals surface area contributed by atoms with E-state index in [9.17, 15) is 19.5 Å². The number of anilines is 1. The molecule has 1 fully saturated rings. The van der Waals surface area contributed by atoms with Crippen LogP contribution in [0.3, 0.4) is 0 Å². The average molecular weight is 428 g/mol. The van der Waals surface area contributed by atoms with Crippen LogP contribution in [0.5, 0.6) is 17.2 Å². The molecule has 1 heterocycles. The summed E-state index contributed by atoms with van der Waals surface area (Å²) in [5.74, 6) is -0.889. The lowest BCUT2D eigenvalue weighted by atomic mass is 10.1. The molecule has 9 heteroatoms. The Kier molecular flexibility index (Phi) is 6.31. The van der Waals surface area contributed by atoms with E-state index in [1.807, 2.05) is 13.0 Å². The maximum absolute atomic E-state index is 12.7. The predicted octanol–water partition coefficient (Wildman–Crippen LogP) is 3.39. The lowest BCUT2D eigenvalue weighted by Gasteiger charge is -2.12. The normalized spacial score (nSPS) is 14.9. The number of amides is 3. The number of carbonyl (C=O) groups excluding carboxylic acids is 3. The van der Waals surface area contributed by atoms with E-state index in [1.54, 1.807) is 18.2 Å². The third-order valence-electron chi connectivity index (χ3n) is 4.28. The fraction of sp³-hybridized carbons (Fsp3) is 0.190. The Bertz CT molecular complexity index is 1020. The molecule has 0 bridgehead atoms. The Morgan fingerprint density at radius 3 is 2.43 bits per heavy atom. The van der Waals surface area contributed by atoms with Gasteiger partial charge in [-0.1, -0.05) is 12.1 Å². The fourth-order valence-electron chi connectivity index (χ4n) is 2.85. The lowest BCUT2D eigenvalue weighted by molar-refractivity contribution is -0.127. The van der Waals surface area contributed by atoms with Gasteiger partial charge in [0.05, 0.1) is 19.1 Å². The second kappa shape index (κ2) is 8.91. The summed E-state index contributed by atoms with van der Waals surface area (Å²) in [5.41, 5.74) is 2.06. The molecule has 30 heavy (non-hydrogen) atoms. The first-order valence-electron chi connectivity index (χ1n) is 8.89. The molecule has 0 atom stereocenters. The predicted molar refractivity (Wildman–Crippen MR) is 114 cm³/mol. The van der Waals surface area contributed by atoms with Crippen LogP contribution in [-0.4, -0.2) is 47.8 Å². The van der Waals surface area contributed by atoms with Crippen molar-refractivity contribution in [3.8, 4) is 17.2 Å². The number of phenolic OH excluding ortho intramolecular Hbond substituents is 1. The number of ether oxygens (including phenoxy) is 2. The van der Waals surface area contributed by atoms with Crippen LogP contribution in [0.25, 0.3) is 6.08 Å². The summed E-state index contributed by atoms with van der Waals surface area (Å²) in [6.45, 7) is 1.50. The van der Waals surface area contributed by atoms with Gasteiger partial charge in [0, 0.05) is 5.69 Å². The van der Waals surface area contributed by atoms with Crippen LogP contribution in [0.4, 0.5) is 10.5 Å². The minimum Gasteiger partial charge on any atom is -0.502 e. The van der Waals surface area contributed by atoms with Gasteiger partial charge >= 0.3 is 0 Å². The zero-order valence-electron chi connectivity index (χ0n) is 16.6. The minimum absolute atomic E-state index is 0.151. The SMILES string of the molecule is COc1cc(/C=C2/SC(=O)N(CC(=O)Nc3cccc(C)c3)C2=O)cc(OC)c1O. The number of thioether (sulfide) groups is 1. The van der Waals surface area contributed by atoms with Gasteiger partial charge in [0.1, 0.15) is 6.54 Å². The molecule has 0 aliphatic carbocycles. The molecule has 1 saturated heterocycles. The van der Waals surface area contributed by atoms with Crippen LogP contribution in [0, 0.1) is 6.92 Å². The number of phenols is 1. The van der Waals surface area contributed by atoms with E-state index in [-0.39, 0.29) is 22.2 Å². The maximum atomic E-state index is 12.7. The second-order valence-corrected chi connectivity index (χ2v) is 7.45. The van der Waals surface area contributed by atoms with Crippen molar-refractivity contribution < 1.29 is 29.0 Å². The molecule has 0 aromatic heterocycles. The maximum Gasteiger partial charge on any atom is 0.294 e. The highest BCUT2D eigenvalue weighted by Crippen LogP contribution is 2.39. The van der Waals surface area contributed by atoms with Crippen LogP contribution in [-0.2, 0) is 9.59 Å². The molecule has 0 saturated carbocycles. The molecular formula is C21H20N2O6S. The fourth-order valence-corrected chi connectivity index (χ4v) is 3.69. The Morgan fingerprint density at radius 2 is 1.83 bits per heavy atom. The number of aromatic hydroxyl groups is 1. The van der Waals surface area contributed by atoms with E-state index < -0.39 is 23.6 Å². The number of nitrogens with one attached hydrogen (secondary N) is 1. The molecule has 3 rings (SSSR count). The highest BCUT2D eigenvalue weighted by Gasteiger charge is 2.36.